The average Bonchev–Trinajstić information content (AvgIpc) is 2.71. The van der Waals surface area contributed by atoms with Crippen molar-refractivity contribution in [3.63, 3.8) is 0 Å². The third kappa shape index (κ3) is 1.80. The van der Waals surface area contributed by atoms with Gasteiger partial charge in [0.15, 0.2) is 5.69 Å². The molecule has 0 spiro atoms. The van der Waals surface area contributed by atoms with E-state index in [0.717, 1.165) is 20.3 Å². The minimum atomic E-state index is -0.956. The molecule has 0 aliphatic carbocycles. The van der Waals surface area contributed by atoms with Crippen molar-refractivity contribution in [2.24, 2.45) is 0 Å². The Hall–Kier alpha value is -1.20. The van der Waals surface area contributed by atoms with Gasteiger partial charge < -0.3 is 5.11 Å². The lowest BCUT2D eigenvalue weighted by Crippen LogP contribution is -1.98. The van der Waals surface area contributed by atoms with Gasteiger partial charge in [0.25, 0.3) is 0 Å². The number of rotatable bonds is 2. The second-order valence-corrected chi connectivity index (χ2v) is 5.27. The van der Waals surface area contributed by atoms with Gasteiger partial charge in [0.05, 0.1) is 9.88 Å². The average molecular weight is 239 g/mol. The van der Waals surface area contributed by atoms with Crippen LogP contribution in [0.4, 0.5) is 0 Å². The number of aromatic carboxylic acids is 1. The van der Waals surface area contributed by atoms with Crippen molar-refractivity contribution in [1.82, 2.24) is 4.98 Å². The molecule has 0 radical (unpaired) electrons. The van der Waals surface area contributed by atoms with Gasteiger partial charge in [-0.25, -0.2) is 9.78 Å². The summed E-state index contributed by atoms with van der Waals surface area (Å²) in [5, 5.41) is 11.8. The molecule has 5 heteroatoms. The third-order valence-electron chi connectivity index (χ3n) is 2.00. The molecule has 15 heavy (non-hydrogen) atoms. The summed E-state index contributed by atoms with van der Waals surface area (Å²) in [6.45, 7) is 3.80. The molecule has 0 amide bonds. The highest BCUT2D eigenvalue weighted by molar-refractivity contribution is 7.21. The van der Waals surface area contributed by atoms with Crippen LogP contribution in [0.25, 0.3) is 9.75 Å². The maximum Gasteiger partial charge on any atom is 0.356 e. The van der Waals surface area contributed by atoms with Crippen LogP contribution in [0.15, 0.2) is 11.4 Å². The molecular formula is C10H9NO2S2. The van der Waals surface area contributed by atoms with Gasteiger partial charge in [0, 0.05) is 4.88 Å². The van der Waals surface area contributed by atoms with Crippen LogP contribution < -0.4 is 0 Å². The molecule has 0 bridgehead atoms. The van der Waals surface area contributed by atoms with Crippen molar-refractivity contribution < 1.29 is 9.90 Å². The molecule has 2 aromatic heterocycles. The number of carboxylic acids is 1. The van der Waals surface area contributed by atoms with E-state index < -0.39 is 5.97 Å². The third-order valence-corrected chi connectivity index (χ3v) is 4.16. The number of hydrogen-bond acceptors (Lipinski definition) is 4. The van der Waals surface area contributed by atoms with E-state index in [2.05, 4.69) is 4.98 Å². The molecule has 1 N–H and O–H groups in total. The molecular weight excluding hydrogens is 230 g/mol. The molecule has 0 saturated carbocycles. The fraction of sp³-hybridized carbons (Fsp3) is 0.200. The predicted octanol–water partition coefficient (Wildman–Crippen LogP) is 3.19. The number of nitrogens with zero attached hydrogens (tertiary/aromatic N) is 1. The fourth-order valence-electron chi connectivity index (χ4n) is 1.33. The van der Waals surface area contributed by atoms with Crippen molar-refractivity contribution in [3.8, 4) is 9.75 Å². The van der Waals surface area contributed by atoms with Gasteiger partial charge in [-0.15, -0.1) is 22.7 Å². The number of hydrogen-bond donors (Lipinski definition) is 1. The van der Waals surface area contributed by atoms with Gasteiger partial charge in [-0.3, -0.25) is 0 Å². The molecule has 0 aromatic carbocycles. The summed E-state index contributed by atoms with van der Waals surface area (Å²) in [6.07, 6.45) is 0. The summed E-state index contributed by atoms with van der Waals surface area (Å²) < 4.78 is 0. The Labute approximate surface area is 95.0 Å². The quantitative estimate of drug-likeness (QED) is 0.875. The summed E-state index contributed by atoms with van der Waals surface area (Å²) in [5.41, 5.74) is 1.27. The number of aryl methyl sites for hydroxylation is 2. The van der Waals surface area contributed by atoms with Crippen molar-refractivity contribution >= 4 is 28.6 Å². The Morgan fingerprint density at radius 3 is 2.67 bits per heavy atom. The van der Waals surface area contributed by atoms with Gasteiger partial charge >= 0.3 is 5.97 Å². The molecule has 0 aliphatic rings. The van der Waals surface area contributed by atoms with Crippen LogP contribution in [-0.2, 0) is 0 Å². The zero-order valence-corrected chi connectivity index (χ0v) is 9.91. The standard InChI is InChI=1S/C10H9NO2S2/c1-5-3-4-14-8(5)9-7(10(12)13)11-6(2)15-9/h3-4H,1-2H3,(H,12,13). The Morgan fingerprint density at radius 2 is 2.13 bits per heavy atom. The lowest BCUT2D eigenvalue weighted by Gasteiger charge is -1.96. The van der Waals surface area contributed by atoms with Crippen LogP contribution in [0.1, 0.15) is 21.1 Å². The SMILES string of the molecule is Cc1nc(C(=O)O)c(-c2sccc2C)s1. The summed E-state index contributed by atoms with van der Waals surface area (Å²) in [4.78, 5) is 16.8. The Morgan fingerprint density at radius 1 is 1.40 bits per heavy atom. The first-order valence-electron chi connectivity index (χ1n) is 4.35. The number of aromatic nitrogens is 1. The molecule has 2 aromatic rings. The molecule has 0 atom stereocenters. The zero-order valence-electron chi connectivity index (χ0n) is 8.27. The fourth-order valence-corrected chi connectivity index (χ4v) is 3.38. The van der Waals surface area contributed by atoms with E-state index in [-0.39, 0.29) is 5.69 Å². The van der Waals surface area contributed by atoms with E-state index in [1.165, 1.54) is 11.3 Å². The normalized spacial score (nSPS) is 10.5. The van der Waals surface area contributed by atoms with Crippen LogP contribution >= 0.6 is 22.7 Å². The van der Waals surface area contributed by atoms with Crippen LogP contribution in [0, 0.1) is 13.8 Å². The van der Waals surface area contributed by atoms with Crippen LogP contribution in [0.2, 0.25) is 0 Å². The molecule has 78 valence electrons. The highest BCUT2D eigenvalue weighted by Gasteiger charge is 2.19. The molecule has 0 fully saturated rings. The van der Waals surface area contributed by atoms with Crippen molar-refractivity contribution in [3.05, 3.63) is 27.7 Å². The second kappa shape index (κ2) is 3.75. The highest BCUT2D eigenvalue weighted by Crippen LogP contribution is 2.36. The van der Waals surface area contributed by atoms with Crippen LogP contribution in [0.3, 0.4) is 0 Å². The van der Waals surface area contributed by atoms with E-state index in [4.69, 9.17) is 5.11 Å². The minimum absolute atomic E-state index is 0.169. The Balaban J connectivity index is 2.62. The van der Waals surface area contributed by atoms with E-state index in [9.17, 15) is 4.79 Å². The first-order valence-corrected chi connectivity index (χ1v) is 6.04. The van der Waals surface area contributed by atoms with E-state index in [1.807, 2.05) is 25.3 Å². The lowest BCUT2D eigenvalue weighted by atomic mass is 10.2. The number of thiophene rings is 1. The monoisotopic (exact) mass is 239 g/mol. The van der Waals surface area contributed by atoms with E-state index in [0.29, 0.717) is 0 Å². The summed E-state index contributed by atoms with van der Waals surface area (Å²) in [7, 11) is 0. The maximum atomic E-state index is 11.0. The van der Waals surface area contributed by atoms with Gasteiger partial charge in [-0.05, 0) is 30.9 Å². The first kappa shape index (κ1) is 10.3. The van der Waals surface area contributed by atoms with Crippen molar-refractivity contribution in [2.75, 3.05) is 0 Å². The van der Waals surface area contributed by atoms with Gasteiger partial charge in [0.2, 0.25) is 0 Å². The minimum Gasteiger partial charge on any atom is -0.476 e. The van der Waals surface area contributed by atoms with E-state index >= 15 is 0 Å². The first-order chi connectivity index (χ1) is 7.09. The summed E-state index contributed by atoms with van der Waals surface area (Å²) in [5.74, 6) is -0.956. The van der Waals surface area contributed by atoms with Gasteiger partial charge in [-0.1, -0.05) is 0 Å². The van der Waals surface area contributed by atoms with Gasteiger partial charge in [0.1, 0.15) is 0 Å². The van der Waals surface area contributed by atoms with Gasteiger partial charge in [-0.2, -0.15) is 0 Å². The van der Waals surface area contributed by atoms with E-state index in [1.54, 1.807) is 11.3 Å². The second-order valence-electron chi connectivity index (χ2n) is 3.15. The molecule has 0 aliphatic heterocycles. The predicted molar refractivity (Wildman–Crippen MR) is 61.9 cm³/mol. The number of thiazole rings is 1. The molecule has 0 unspecified atom stereocenters. The molecule has 2 rings (SSSR count). The Kier molecular flexibility index (Phi) is 2.58. The smallest absolute Gasteiger partial charge is 0.356 e. The number of carbonyl (C=O) groups is 1. The zero-order chi connectivity index (χ0) is 11.0. The molecule has 3 nitrogen and oxygen atoms in total. The largest absolute Gasteiger partial charge is 0.476 e. The maximum absolute atomic E-state index is 11.0. The Bertz CT molecular complexity index is 513. The topological polar surface area (TPSA) is 50.2 Å². The molecule has 0 saturated heterocycles. The number of carboxylic acid groups (broad SMARTS) is 1. The molecule has 2 heterocycles. The summed E-state index contributed by atoms with van der Waals surface area (Å²) >= 11 is 2.99. The van der Waals surface area contributed by atoms with Crippen molar-refractivity contribution in [2.45, 2.75) is 13.8 Å². The van der Waals surface area contributed by atoms with Crippen molar-refractivity contribution in [1.29, 1.82) is 0 Å². The van der Waals surface area contributed by atoms with Crippen LogP contribution in [0.5, 0.6) is 0 Å². The summed E-state index contributed by atoms with van der Waals surface area (Å²) in [6, 6.07) is 1.99. The highest BCUT2D eigenvalue weighted by atomic mass is 32.1. The lowest BCUT2D eigenvalue weighted by molar-refractivity contribution is 0.0692. The van der Waals surface area contributed by atoms with Crippen LogP contribution in [-0.4, -0.2) is 16.1 Å².